The largest absolute Gasteiger partial charge is 0.324 e. The van der Waals surface area contributed by atoms with Crippen molar-refractivity contribution in [3.8, 4) is 0 Å². The van der Waals surface area contributed by atoms with Crippen LogP contribution in [0.25, 0.3) is 0 Å². The molecule has 2 N–H and O–H groups in total. The van der Waals surface area contributed by atoms with Crippen LogP contribution < -0.4 is 10.6 Å². The second-order valence-corrected chi connectivity index (χ2v) is 7.90. The predicted molar refractivity (Wildman–Crippen MR) is 108 cm³/mol. The van der Waals surface area contributed by atoms with Crippen LogP contribution in [-0.2, 0) is 22.7 Å². The lowest BCUT2D eigenvalue weighted by atomic mass is 10.2. The number of nitrogens with one attached hydrogen (secondary N) is 2. The number of hydrogen-bond donors (Lipinski definition) is 2. The zero-order valence-electron chi connectivity index (χ0n) is 16.4. The zero-order valence-corrected chi connectivity index (χ0v) is 16.4. The van der Waals surface area contributed by atoms with E-state index in [9.17, 15) is 9.59 Å². The lowest BCUT2D eigenvalue weighted by Crippen LogP contribution is -2.20. The van der Waals surface area contributed by atoms with Crippen molar-refractivity contribution < 1.29 is 9.59 Å². The Morgan fingerprint density at radius 3 is 1.53 bits per heavy atom. The Bertz CT molecular complexity index is 977. The van der Waals surface area contributed by atoms with Gasteiger partial charge < -0.3 is 10.6 Å². The molecular weight excluding hydrogens is 384 g/mol. The van der Waals surface area contributed by atoms with E-state index in [4.69, 9.17) is 0 Å². The summed E-state index contributed by atoms with van der Waals surface area (Å²) in [6.45, 7) is 0.220. The molecule has 0 unspecified atom stereocenters. The minimum Gasteiger partial charge on any atom is -0.324 e. The van der Waals surface area contributed by atoms with Crippen LogP contribution in [0.5, 0.6) is 0 Å². The Balaban J connectivity index is 1.10. The minimum absolute atomic E-state index is 0.110. The third-order valence-corrected chi connectivity index (χ3v) is 5.17. The number of hydrogen-bond acceptors (Lipinski definition) is 6. The van der Waals surface area contributed by atoms with E-state index >= 15 is 0 Å². The van der Waals surface area contributed by atoms with Crippen LogP contribution >= 0.6 is 0 Å². The lowest BCUT2D eigenvalue weighted by Gasteiger charge is -2.08. The molecule has 0 radical (unpaired) electrons. The molecule has 2 aromatic heterocycles. The molecule has 10 nitrogen and oxygen atoms in total. The maximum Gasteiger partial charge on any atom is 0.246 e. The second-order valence-electron chi connectivity index (χ2n) is 7.90. The second kappa shape index (κ2) is 7.69. The van der Waals surface area contributed by atoms with Crippen LogP contribution in [-0.4, -0.2) is 41.8 Å². The van der Waals surface area contributed by atoms with Gasteiger partial charge in [0.25, 0.3) is 0 Å². The smallest absolute Gasteiger partial charge is 0.246 e. The van der Waals surface area contributed by atoms with Crippen molar-refractivity contribution in [1.82, 2.24) is 30.0 Å². The summed E-state index contributed by atoms with van der Waals surface area (Å²) < 4.78 is 3.10. The molecule has 2 saturated carbocycles. The van der Waals surface area contributed by atoms with Crippen molar-refractivity contribution in [3.63, 3.8) is 0 Å². The standard InChI is InChI=1S/C20H22N8O2/c29-19(11-27-9-17(23-25-27)13-1-2-13)21-15-5-7-16(8-6-15)22-20(30)12-28-10-18(24-26-28)14-3-4-14/h5-10,13-14H,1-4,11-12H2,(H,21,29)(H,22,30). The van der Waals surface area contributed by atoms with Crippen molar-refractivity contribution >= 4 is 23.2 Å². The average molecular weight is 406 g/mol. The monoisotopic (exact) mass is 406 g/mol. The Morgan fingerprint density at radius 2 is 1.17 bits per heavy atom. The van der Waals surface area contributed by atoms with Gasteiger partial charge in [0.1, 0.15) is 13.1 Å². The molecule has 30 heavy (non-hydrogen) atoms. The lowest BCUT2D eigenvalue weighted by molar-refractivity contribution is -0.117. The highest BCUT2D eigenvalue weighted by Gasteiger charge is 2.27. The highest BCUT2D eigenvalue weighted by atomic mass is 16.2. The summed E-state index contributed by atoms with van der Waals surface area (Å²) in [5.41, 5.74) is 3.20. The molecule has 2 fully saturated rings. The SMILES string of the molecule is O=C(Cn1cc(C2CC2)nn1)Nc1ccc(NC(=O)Cn2cc(C3CC3)nn2)cc1. The van der Waals surface area contributed by atoms with Gasteiger partial charge in [0, 0.05) is 35.6 Å². The van der Waals surface area contributed by atoms with Gasteiger partial charge in [0.05, 0.1) is 11.4 Å². The summed E-state index contributed by atoms with van der Waals surface area (Å²) in [6, 6.07) is 6.96. The Labute approximate surface area is 172 Å². The van der Waals surface area contributed by atoms with E-state index < -0.39 is 0 Å². The zero-order chi connectivity index (χ0) is 20.5. The fourth-order valence-corrected chi connectivity index (χ4v) is 3.25. The fourth-order valence-electron chi connectivity index (χ4n) is 3.25. The number of anilines is 2. The summed E-state index contributed by atoms with van der Waals surface area (Å²) in [5, 5.41) is 21.9. The van der Waals surface area contributed by atoms with Crippen molar-refractivity contribution in [2.24, 2.45) is 0 Å². The molecule has 154 valence electrons. The first-order valence-electron chi connectivity index (χ1n) is 10.1. The van der Waals surface area contributed by atoms with E-state index in [-0.39, 0.29) is 24.9 Å². The fraction of sp³-hybridized carbons (Fsp3) is 0.400. The Hall–Kier alpha value is -3.56. The van der Waals surface area contributed by atoms with Crippen molar-refractivity contribution in [2.45, 2.75) is 50.6 Å². The topological polar surface area (TPSA) is 120 Å². The maximum absolute atomic E-state index is 12.2. The van der Waals surface area contributed by atoms with E-state index in [1.165, 1.54) is 0 Å². The van der Waals surface area contributed by atoms with Crippen LogP contribution in [0.1, 0.15) is 48.9 Å². The predicted octanol–water partition coefficient (Wildman–Crippen LogP) is 1.90. The third-order valence-electron chi connectivity index (χ3n) is 5.17. The molecular formula is C20H22N8O2. The number of amides is 2. The summed E-state index contributed by atoms with van der Waals surface area (Å²) in [4.78, 5) is 24.4. The summed E-state index contributed by atoms with van der Waals surface area (Å²) in [7, 11) is 0. The molecule has 0 bridgehead atoms. The van der Waals surface area contributed by atoms with Crippen molar-refractivity contribution in [3.05, 3.63) is 48.0 Å². The number of benzene rings is 1. The molecule has 5 rings (SSSR count). The number of carbonyl (C=O) groups is 2. The van der Waals surface area contributed by atoms with Crippen LogP contribution in [0.15, 0.2) is 36.7 Å². The quantitative estimate of drug-likeness (QED) is 0.590. The Morgan fingerprint density at radius 1 is 0.767 bits per heavy atom. The van der Waals surface area contributed by atoms with Crippen molar-refractivity contribution in [2.75, 3.05) is 10.6 Å². The molecule has 2 amide bonds. The molecule has 0 saturated heterocycles. The average Bonchev–Trinajstić information content (AvgIpc) is 3.66. The van der Waals surface area contributed by atoms with Gasteiger partial charge in [-0.15, -0.1) is 10.2 Å². The first-order valence-corrected chi connectivity index (χ1v) is 10.1. The number of aromatic nitrogens is 6. The first-order chi connectivity index (χ1) is 14.6. The number of carbonyl (C=O) groups excluding carboxylic acids is 2. The normalized spacial score (nSPS) is 15.7. The molecule has 3 aromatic rings. The molecule has 0 spiro atoms. The van der Waals surface area contributed by atoms with Crippen LogP contribution in [0.2, 0.25) is 0 Å². The van der Waals surface area contributed by atoms with E-state index in [1.807, 2.05) is 12.4 Å². The van der Waals surface area contributed by atoms with Gasteiger partial charge in [-0.2, -0.15) is 0 Å². The van der Waals surface area contributed by atoms with Gasteiger partial charge in [-0.1, -0.05) is 10.4 Å². The molecule has 2 aliphatic carbocycles. The van der Waals surface area contributed by atoms with Gasteiger partial charge in [-0.05, 0) is 49.9 Å². The third kappa shape index (κ3) is 4.53. The van der Waals surface area contributed by atoms with E-state index in [2.05, 4.69) is 31.3 Å². The van der Waals surface area contributed by atoms with Crippen LogP contribution in [0.3, 0.4) is 0 Å². The summed E-state index contributed by atoms with van der Waals surface area (Å²) in [5.74, 6) is 0.650. The first kappa shape index (κ1) is 18.5. The maximum atomic E-state index is 12.2. The molecule has 0 atom stereocenters. The van der Waals surface area contributed by atoms with E-state index in [0.29, 0.717) is 23.2 Å². The molecule has 1 aromatic carbocycles. The van der Waals surface area contributed by atoms with Gasteiger partial charge in [-0.3, -0.25) is 9.59 Å². The number of nitrogens with zero attached hydrogens (tertiary/aromatic N) is 6. The summed E-state index contributed by atoms with van der Waals surface area (Å²) in [6.07, 6.45) is 8.25. The van der Waals surface area contributed by atoms with Crippen molar-refractivity contribution in [1.29, 1.82) is 0 Å². The van der Waals surface area contributed by atoms with E-state index in [1.54, 1.807) is 33.6 Å². The van der Waals surface area contributed by atoms with Gasteiger partial charge >= 0.3 is 0 Å². The van der Waals surface area contributed by atoms with Gasteiger partial charge in [0.2, 0.25) is 11.8 Å². The highest BCUT2D eigenvalue weighted by Crippen LogP contribution is 2.39. The summed E-state index contributed by atoms with van der Waals surface area (Å²) >= 11 is 0. The molecule has 0 aliphatic heterocycles. The number of rotatable bonds is 8. The van der Waals surface area contributed by atoms with Crippen LogP contribution in [0, 0.1) is 0 Å². The minimum atomic E-state index is -0.184. The Kier molecular flexibility index (Phi) is 4.74. The van der Waals surface area contributed by atoms with Gasteiger partial charge in [0.15, 0.2) is 0 Å². The molecule has 10 heteroatoms. The highest BCUT2D eigenvalue weighted by molar-refractivity contribution is 5.92. The van der Waals surface area contributed by atoms with E-state index in [0.717, 1.165) is 37.1 Å². The van der Waals surface area contributed by atoms with Crippen LogP contribution in [0.4, 0.5) is 11.4 Å². The molecule has 2 heterocycles. The molecule has 2 aliphatic rings. The van der Waals surface area contributed by atoms with Gasteiger partial charge in [-0.25, -0.2) is 9.36 Å².